The lowest BCUT2D eigenvalue weighted by Gasteiger charge is -2.34. The molecule has 11 N–H and O–H groups in total. The molecule has 0 saturated carbocycles. The zero-order valence-corrected chi connectivity index (χ0v) is 45.2. The van der Waals surface area contributed by atoms with Gasteiger partial charge in [0.15, 0.2) is 24.5 Å². The number of aliphatic hydroxyl groups is 3. The number of carbonyl (C=O) groups excluding carboxylic acids is 3. The van der Waals surface area contributed by atoms with E-state index in [-0.39, 0.29) is 32.5 Å². The Morgan fingerprint density at radius 2 is 1.02 bits per heavy atom. The summed E-state index contributed by atoms with van der Waals surface area (Å²) in [6.07, 6.45) is -17.4. The van der Waals surface area contributed by atoms with Crippen molar-refractivity contribution in [3.8, 4) is 0 Å². The standard InChI is InChI=1S/C43H63N9O26P2/c1-21(74-32-22(18-53)75-38(35(32)70-16-10-26(55)45-4)51-13-7-29(58)48-41(51)62)79(65,66)72-20-24-33(36(71-17-11-27(56)46-5)39(77-24)52-14-8-30(59)49-42(52)63)78-43(2,64)80(67,68)73-19-23-31(60)34(69-15-9-25(54)44-3)37(76-23)50-12-6-28(57)47-40(50)61/h6-8,12-14,21-24,31-39,53,60,64H,9-11,15-20H2,1-5H3,(H,44,54)(H,45,55)(H,46,56)(H,65,66)(H,67,68)(H,47,57,61)(H,48,58,62)(H,49,59,63). The molecule has 6 rings (SSSR count). The number of amides is 3. The molecular weight excluding hydrogens is 1120 g/mol. The van der Waals surface area contributed by atoms with Crippen LogP contribution in [-0.4, -0.2) is 199 Å². The third kappa shape index (κ3) is 15.2. The normalized spacial score (nSPS) is 28.3. The first-order valence-corrected chi connectivity index (χ1v) is 27.6. The highest BCUT2D eigenvalue weighted by molar-refractivity contribution is 7.54. The Hall–Kier alpha value is -5.69. The van der Waals surface area contributed by atoms with Gasteiger partial charge in [-0.05, 0) is 6.92 Å². The molecule has 0 aliphatic carbocycles. The fourth-order valence-electron chi connectivity index (χ4n) is 8.40. The molecule has 3 amide bonds. The fraction of sp³-hybridized carbons (Fsp3) is 0.651. The maximum atomic E-state index is 14.2. The summed E-state index contributed by atoms with van der Waals surface area (Å²) < 4.78 is 89.0. The fourth-order valence-corrected chi connectivity index (χ4v) is 10.1. The van der Waals surface area contributed by atoms with Gasteiger partial charge < -0.3 is 88.0 Å². The average Bonchev–Trinajstić information content (AvgIpc) is 4.05. The van der Waals surface area contributed by atoms with Crippen LogP contribution in [0.3, 0.4) is 0 Å². The molecule has 3 aromatic rings. The van der Waals surface area contributed by atoms with Crippen LogP contribution < -0.4 is 49.7 Å². The summed E-state index contributed by atoms with van der Waals surface area (Å²) in [5.41, 5.74) is -8.95. The molecule has 3 saturated heterocycles. The molecule has 0 spiro atoms. The van der Waals surface area contributed by atoms with Crippen molar-refractivity contribution < 1.29 is 95.6 Å². The second-order valence-corrected chi connectivity index (χ2v) is 22.3. The summed E-state index contributed by atoms with van der Waals surface area (Å²) in [6, 6.07) is 2.83. The summed E-state index contributed by atoms with van der Waals surface area (Å²) in [5.74, 6) is -3.41. The lowest BCUT2D eigenvalue weighted by atomic mass is 10.1. The number of aromatic nitrogens is 6. The second kappa shape index (κ2) is 27.4. The van der Waals surface area contributed by atoms with E-state index in [9.17, 15) is 77.4 Å². The van der Waals surface area contributed by atoms with Gasteiger partial charge in [0.25, 0.3) is 22.2 Å². The van der Waals surface area contributed by atoms with Gasteiger partial charge in [0, 0.05) is 84.1 Å². The molecule has 16 atom stereocenters. The van der Waals surface area contributed by atoms with Crippen molar-refractivity contribution >= 4 is 32.9 Å². The molecule has 80 heavy (non-hydrogen) atoms. The van der Waals surface area contributed by atoms with Crippen LogP contribution in [0.15, 0.2) is 65.6 Å². The highest BCUT2D eigenvalue weighted by Crippen LogP contribution is 2.57. The van der Waals surface area contributed by atoms with E-state index in [1.807, 2.05) is 15.0 Å². The van der Waals surface area contributed by atoms with Crippen molar-refractivity contribution in [1.82, 2.24) is 44.6 Å². The molecule has 3 fully saturated rings. The van der Waals surface area contributed by atoms with Crippen LogP contribution in [0.25, 0.3) is 0 Å². The van der Waals surface area contributed by atoms with Crippen molar-refractivity contribution in [1.29, 1.82) is 0 Å². The van der Waals surface area contributed by atoms with Crippen LogP contribution in [0.1, 0.15) is 51.8 Å². The number of hydrogen-bond donors (Lipinski definition) is 11. The Labute approximate surface area is 450 Å². The van der Waals surface area contributed by atoms with E-state index in [1.165, 1.54) is 21.1 Å². The number of ether oxygens (including phenoxy) is 8. The number of carbonyl (C=O) groups is 3. The van der Waals surface area contributed by atoms with Gasteiger partial charge in [0.05, 0.1) is 39.6 Å². The molecule has 6 heterocycles. The molecule has 0 bridgehead atoms. The zero-order chi connectivity index (χ0) is 58.9. The monoisotopic (exact) mass is 1180 g/mol. The first-order valence-electron chi connectivity index (χ1n) is 24.4. The number of hydrogen-bond acceptors (Lipinski definition) is 24. The summed E-state index contributed by atoms with van der Waals surface area (Å²) in [4.78, 5) is 140. The minimum absolute atomic E-state index is 0.224. The van der Waals surface area contributed by atoms with Crippen molar-refractivity contribution in [2.45, 2.75) is 118 Å². The van der Waals surface area contributed by atoms with Gasteiger partial charge in [-0.1, -0.05) is 0 Å². The average molecular weight is 1180 g/mol. The number of nitrogens with zero attached hydrogens (tertiary/aromatic N) is 3. The molecule has 0 aromatic carbocycles. The lowest BCUT2D eigenvalue weighted by molar-refractivity contribution is -0.206. The van der Waals surface area contributed by atoms with Crippen LogP contribution in [0.4, 0.5) is 0 Å². The Bertz CT molecular complexity index is 3110. The molecule has 3 aliphatic rings. The maximum Gasteiger partial charge on any atom is 0.386 e. The van der Waals surface area contributed by atoms with Gasteiger partial charge in [-0.3, -0.25) is 66.6 Å². The van der Waals surface area contributed by atoms with E-state index in [0.717, 1.165) is 57.4 Å². The van der Waals surface area contributed by atoms with E-state index in [1.54, 1.807) is 0 Å². The van der Waals surface area contributed by atoms with Crippen LogP contribution in [0, 0.1) is 0 Å². The van der Waals surface area contributed by atoms with E-state index in [0.29, 0.717) is 6.92 Å². The molecule has 446 valence electrons. The van der Waals surface area contributed by atoms with Crippen LogP contribution in [-0.2, 0) is 70.5 Å². The van der Waals surface area contributed by atoms with E-state index >= 15 is 0 Å². The molecule has 35 nitrogen and oxygen atoms in total. The lowest BCUT2D eigenvalue weighted by Crippen LogP contribution is -2.46. The van der Waals surface area contributed by atoms with Crippen molar-refractivity contribution in [2.24, 2.45) is 0 Å². The van der Waals surface area contributed by atoms with E-state index in [4.69, 9.17) is 46.9 Å². The van der Waals surface area contributed by atoms with Gasteiger partial charge in [-0.2, -0.15) is 0 Å². The summed E-state index contributed by atoms with van der Waals surface area (Å²) >= 11 is 0. The minimum atomic E-state index is -5.68. The van der Waals surface area contributed by atoms with Gasteiger partial charge in [0.1, 0.15) is 54.9 Å². The first kappa shape index (κ1) is 63.5. The predicted octanol–water partition coefficient (Wildman–Crippen LogP) is -5.57. The number of aliphatic hydroxyl groups excluding tert-OH is 2. The van der Waals surface area contributed by atoms with Gasteiger partial charge in [-0.15, -0.1) is 0 Å². The molecule has 37 heteroatoms. The maximum absolute atomic E-state index is 14.2. The van der Waals surface area contributed by atoms with Crippen LogP contribution in [0.5, 0.6) is 0 Å². The Morgan fingerprint density at radius 1 is 0.637 bits per heavy atom. The van der Waals surface area contributed by atoms with E-state index in [2.05, 4.69) is 16.0 Å². The predicted molar refractivity (Wildman–Crippen MR) is 265 cm³/mol. The summed E-state index contributed by atoms with van der Waals surface area (Å²) in [6.45, 7) is -2.47. The Morgan fingerprint density at radius 3 is 1.45 bits per heavy atom. The van der Waals surface area contributed by atoms with Crippen molar-refractivity contribution in [3.63, 3.8) is 0 Å². The largest absolute Gasteiger partial charge is 0.394 e. The first-order chi connectivity index (χ1) is 37.8. The molecule has 3 aliphatic heterocycles. The number of nitrogens with one attached hydrogen (secondary N) is 6. The van der Waals surface area contributed by atoms with Gasteiger partial charge in [0.2, 0.25) is 17.7 Å². The number of aromatic amines is 3. The molecule has 0 radical (unpaired) electrons. The quantitative estimate of drug-likeness (QED) is 0.0239. The summed E-state index contributed by atoms with van der Waals surface area (Å²) in [5, 5.41) is 40.7. The second-order valence-electron chi connectivity index (χ2n) is 18.1. The van der Waals surface area contributed by atoms with Crippen LogP contribution >= 0.6 is 15.2 Å². The van der Waals surface area contributed by atoms with Crippen molar-refractivity contribution in [2.75, 3.05) is 60.8 Å². The van der Waals surface area contributed by atoms with Crippen LogP contribution in [0.2, 0.25) is 0 Å². The highest BCUT2D eigenvalue weighted by Gasteiger charge is 2.57. The topological polar surface area (TPSA) is 479 Å². The number of rotatable bonds is 28. The number of H-pyrrole nitrogens is 3. The Kier molecular flexibility index (Phi) is 21.7. The molecular formula is C43H63N9O26P2. The third-order valence-electron chi connectivity index (χ3n) is 12.7. The third-order valence-corrected chi connectivity index (χ3v) is 15.9. The Balaban J connectivity index is 1.27. The zero-order valence-electron chi connectivity index (χ0n) is 43.4. The van der Waals surface area contributed by atoms with Crippen molar-refractivity contribution in [3.05, 3.63) is 99.3 Å². The summed E-state index contributed by atoms with van der Waals surface area (Å²) in [7, 11) is -6.84. The molecule has 3 aromatic heterocycles. The minimum Gasteiger partial charge on any atom is -0.394 e. The van der Waals surface area contributed by atoms with Gasteiger partial charge in [-0.25, -0.2) is 14.4 Å². The van der Waals surface area contributed by atoms with Gasteiger partial charge >= 0.3 is 32.3 Å². The van der Waals surface area contributed by atoms with E-state index < -0.39 is 178 Å². The highest BCUT2D eigenvalue weighted by atomic mass is 31.2. The molecule has 16 unspecified atom stereocenters. The smallest absolute Gasteiger partial charge is 0.386 e. The SMILES string of the molecule is CNC(=O)CCOC1C(O)C(COP(=O)(O)C(C)(O)OC2C(COP(=O)(O)C(C)OC3C(CO)OC(n4ccc(=O)[nH]c4=O)C3OCCC(=O)NC)OC(n3ccc(=O)[nH]c3=O)C2OCCC(=O)NC)OC1n1ccc(=O)[nH]c1=O.